The molecule has 1 fully saturated rings. The highest BCUT2D eigenvalue weighted by Gasteiger charge is 2.19. The van der Waals surface area contributed by atoms with Crippen molar-refractivity contribution in [1.29, 1.82) is 0 Å². The summed E-state index contributed by atoms with van der Waals surface area (Å²) in [4.78, 5) is 14.6. The predicted molar refractivity (Wildman–Crippen MR) is 90.3 cm³/mol. The molecule has 0 aromatic heterocycles. The summed E-state index contributed by atoms with van der Waals surface area (Å²) in [6.45, 7) is 3.13. The Balaban J connectivity index is 1.96. The van der Waals surface area contributed by atoms with Crippen LogP contribution < -0.4 is 19.5 Å². The lowest BCUT2D eigenvalue weighted by Crippen LogP contribution is -2.41. The van der Waals surface area contributed by atoms with Crippen molar-refractivity contribution in [2.24, 2.45) is 0 Å². The smallest absolute Gasteiger partial charge is 0.251 e. The monoisotopic (exact) mass is 338 g/mol. The summed E-state index contributed by atoms with van der Waals surface area (Å²) in [5.74, 6) is 1.20. The van der Waals surface area contributed by atoms with Crippen LogP contribution in [0.1, 0.15) is 16.8 Å². The summed E-state index contributed by atoms with van der Waals surface area (Å²) in [7, 11) is 6.65. The normalized spacial score (nSPS) is 18.1. The first-order chi connectivity index (χ1) is 11.6. The molecule has 1 aliphatic rings. The number of hydrogen-bond acceptors (Lipinski definition) is 6. The zero-order valence-electron chi connectivity index (χ0n) is 14.8. The third kappa shape index (κ3) is 4.52. The van der Waals surface area contributed by atoms with Gasteiger partial charge in [0.2, 0.25) is 5.75 Å². The van der Waals surface area contributed by atoms with E-state index in [1.54, 1.807) is 12.1 Å². The van der Waals surface area contributed by atoms with E-state index in [2.05, 4.69) is 17.3 Å². The van der Waals surface area contributed by atoms with Crippen LogP contribution in [-0.2, 0) is 4.74 Å². The number of carbonyl (C=O) groups excluding carboxylic acids is 1. The van der Waals surface area contributed by atoms with Crippen molar-refractivity contribution in [1.82, 2.24) is 10.2 Å². The molecule has 134 valence electrons. The molecule has 7 nitrogen and oxygen atoms in total. The number of hydrogen-bond donors (Lipinski definition) is 1. The van der Waals surface area contributed by atoms with Gasteiger partial charge in [-0.3, -0.25) is 4.79 Å². The molecule has 1 amide bonds. The minimum atomic E-state index is -0.182. The van der Waals surface area contributed by atoms with Gasteiger partial charge in [-0.1, -0.05) is 0 Å². The summed E-state index contributed by atoms with van der Waals surface area (Å²) >= 11 is 0. The van der Waals surface area contributed by atoms with Gasteiger partial charge >= 0.3 is 0 Å². The van der Waals surface area contributed by atoms with Gasteiger partial charge in [-0.2, -0.15) is 0 Å². The van der Waals surface area contributed by atoms with Crippen molar-refractivity contribution in [2.45, 2.75) is 12.5 Å². The second-order valence-electron chi connectivity index (χ2n) is 5.71. The Morgan fingerprint density at radius 2 is 1.92 bits per heavy atom. The molecule has 1 unspecified atom stereocenters. The van der Waals surface area contributed by atoms with E-state index in [9.17, 15) is 4.79 Å². The third-order valence-corrected chi connectivity index (χ3v) is 4.02. The molecule has 7 heteroatoms. The molecule has 1 atom stereocenters. The van der Waals surface area contributed by atoms with Crippen LogP contribution in [0, 0.1) is 0 Å². The van der Waals surface area contributed by atoms with E-state index in [1.165, 1.54) is 21.3 Å². The topological polar surface area (TPSA) is 69.3 Å². The maximum Gasteiger partial charge on any atom is 0.251 e. The highest BCUT2D eigenvalue weighted by molar-refractivity contribution is 5.95. The first kappa shape index (κ1) is 18.4. The number of morpholine rings is 1. The van der Waals surface area contributed by atoms with E-state index < -0.39 is 0 Å². The Kier molecular flexibility index (Phi) is 6.69. The van der Waals surface area contributed by atoms with E-state index in [1.807, 2.05) is 0 Å². The van der Waals surface area contributed by atoms with E-state index >= 15 is 0 Å². The van der Waals surface area contributed by atoms with Gasteiger partial charge in [0.1, 0.15) is 0 Å². The molecule has 0 aliphatic carbocycles. The van der Waals surface area contributed by atoms with Gasteiger partial charge in [0.25, 0.3) is 5.91 Å². The number of amides is 1. The number of rotatable bonds is 7. The molecule has 1 heterocycles. The Hall–Kier alpha value is -1.99. The van der Waals surface area contributed by atoms with Crippen molar-refractivity contribution < 1.29 is 23.7 Å². The van der Waals surface area contributed by atoms with Crippen LogP contribution in [0.5, 0.6) is 17.2 Å². The Morgan fingerprint density at radius 1 is 1.25 bits per heavy atom. The average Bonchev–Trinajstić information content (AvgIpc) is 2.60. The summed E-state index contributed by atoms with van der Waals surface area (Å²) in [6.07, 6.45) is 0.935. The second-order valence-corrected chi connectivity index (χ2v) is 5.71. The van der Waals surface area contributed by atoms with Gasteiger partial charge in [0, 0.05) is 25.2 Å². The van der Waals surface area contributed by atoms with Gasteiger partial charge in [-0.25, -0.2) is 0 Å². The van der Waals surface area contributed by atoms with Gasteiger partial charge in [0.05, 0.1) is 34.0 Å². The molecule has 24 heavy (non-hydrogen) atoms. The molecule has 1 aromatic carbocycles. The standard InChI is InChI=1S/C17H26N2O5/c1-19-7-8-24-13(11-19)5-6-18-17(20)12-9-14(21-2)16(23-4)15(10-12)22-3/h9-10,13H,5-8,11H2,1-4H3,(H,18,20). The van der Waals surface area contributed by atoms with Crippen LogP contribution in [0.15, 0.2) is 12.1 Å². The highest BCUT2D eigenvalue weighted by atomic mass is 16.5. The molecule has 1 aliphatic heterocycles. The largest absolute Gasteiger partial charge is 0.493 e. The van der Waals surface area contributed by atoms with Crippen LogP contribution in [0.2, 0.25) is 0 Å². The van der Waals surface area contributed by atoms with Gasteiger partial charge in [-0.05, 0) is 25.6 Å². The molecular weight excluding hydrogens is 312 g/mol. The maximum atomic E-state index is 12.4. The summed E-state index contributed by atoms with van der Waals surface area (Å²) in [5.41, 5.74) is 0.464. The Labute approximate surface area is 142 Å². The van der Waals surface area contributed by atoms with Crippen molar-refractivity contribution in [3.05, 3.63) is 17.7 Å². The van der Waals surface area contributed by atoms with Crippen molar-refractivity contribution >= 4 is 5.91 Å². The minimum absolute atomic E-state index is 0.156. The first-order valence-corrected chi connectivity index (χ1v) is 7.97. The molecule has 0 radical (unpaired) electrons. The molecule has 1 N–H and O–H groups in total. The number of ether oxygens (including phenoxy) is 4. The number of carbonyl (C=O) groups is 1. The molecule has 1 saturated heterocycles. The number of methoxy groups -OCH3 is 3. The van der Waals surface area contributed by atoms with E-state index in [4.69, 9.17) is 18.9 Å². The van der Waals surface area contributed by atoms with Crippen LogP contribution >= 0.6 is 0 Å². The fraction of sp³-hybridized carbons (Fsp3) is 0.588. The lowest BCUT2D eigenvalue weighted by Gasteiger charge is -2.30. The van der Waals surface area contributed by atoms with Crippen molar-refractivity contribution in [2.75, 3.05) is 54.6 Å². The lowest BCUT2D eigenvalue weighted by atomic mass is 10.1. The number of nitrogens with zero attached hydrogens (tertiary/aromatic N) is 1. The number of benzene rings is 1. The molecule has 0 spiro atoms. The Morgan fingerprint density at radius 3 is 2.46 bits per heavy atom. The van der Waals surface area contributed by atoms with Crippen molar-refractivity contribution in [3.8, 4) is 17.2 Å². The lowest BCUT2D eigenvalue weighted by molar-refractivity contribution is -0.0226. The molecule has 0 saturated carbocycles. The van der Waals surface area contributed by atoms with E-state index in [0.29, 0.717) is 29.4 Å². The molecule has 1 aromatic rings. The number of likely N-dealkylation sites (N-methyl/N-ethyl adjacent to an activating group) is 1. The minimum Gasteiger partial charge on any atom is -0.493 e. The predicted octanol–water partition coefficient (Wildman–Crippen LogP) is 1.16. The van der Waals surface area contributed by atoms with Gasteiger partial charge in [-0.15, -0.1) is 0 Å². The van der Waals surface area contributed by atoms with Crippen molar-refractivity contribution in [3.63, 3.8) is 0 Å². The van der Waals surface area contributed by atoms with Crippen LogP contribution in [0.4, 0.5) is 0 Å². The molecular formula is C17H26N2O5. The summed E-state index contributed by atoms with van der Waals surface area (Å²) in [6, 6.07) is 3.28. The van der Waals surface area contributed by atoms with Gasteiger partial charge < -0.3 is 29.2 Å². The van der Waals surface area contributed by atoms with E-state index in [0.717, 1.165) is 26.1 Å². The maximum absolute atomic E-state index is 12.4. The fourth-order valence-electron chi connectivity index (χ4n) is 2.70. The van der Waals surface area contributed by atoms with E-state index in [-0.39, 0.29) is 12.0 Å². The zero-order chi connectivity index (χ0) is 17.5. The van der Waals surface area contributed by atoms with Crippen LogP contribution in [0.3, 0.4) is 0 Å². The second kappa shape index (κ2) is 8.75. The molecule has 2 rings (SSSR count). The SMILES string of the molecule is COc1cc(C(=O)NCCC2CN(C)CCO2)cc(OC)c1OC. The highest BCUT2D eigenvalue weighted by Crippen LogP contribution is 2.38. The third-order valence-electron chi connectivity index (χ3n) is 4.02. The fourth-order valence-corrected chi connectivity index (χ4v) is 2.70. The van der Waals surface area contributed by atoms with Gasteiger partial charge in [0.15, 0.2) is 11.5 Å². The summed E-state index contributed by atoms with van der Waals surface area (Å²) < 4.78 is 21.5. The Bertz CT molecular complexity index is 539. The van der Waals surface area contributed by atoms with Crippen LogP contribution in [-0.4, -0.2) is 71.5 Å². The zero-order valence-corrected chi connectivity index (χ0v) is 14.8. The number of nitrogens with one attached hydrogen (secondary N) is 1. The van der Waals surface area contributed by atoms with Crippen LogP contribution in [0.25, 0.3) is 0 Å². The quantitative estimate of drug-likeness (QED) is 0.805. The summed E-state index contributed by atoms with van der Waals surface area (Å²) in [5, 5.41) is 2.91. The average molecular weight is 338 g/mol. The molecule has 0 bridgehead atoms. The first-order valence-electron chi connectivity index (χ1n) is 7.97.